The Morgan fingerprint density at radius 2 is 1.94 bits per heavy atom. The van der Waals surface area contributed by atoms with Crippen LogP contribution in [0.1, 0.15) is 64.9 Å². The molecule has 0 radical (unpaired) electrons. The molecule has 0 aliphatic carbocycles. The Balaban J connectivity index is 2.07. The summed E-state index contributed by atoms with van der Waals surface area (Å²) in [6.07, 6.45) is 8.88. The normalized spacial score (nSPS) is 17.2. The number of aliphatic carboxylic acids is 1. The Labute approximate surface area is 194 Å². The lowest BCUT2D eigenvalue weighted by Gasteiger charge is -2.18. The van der Waals surface area contributed by atoms with E-state index in [1.54, 1.807) is 19.3 Å². The fourth-order valence-corrected chi connectivity index (χ4v) is 4.68. The van der Waals surface area contributed by atoms with Crippen LogP contribution in [0.25, 0.3) is 6.08 Å². The highest BCUT2D eigenvalue weighted by atomic mass is 32.2. The molecule has 0 spiro atoms. The Hall–Kier alpha value is -2.06. The predicted octanol–water partition coefficient (Wildman–Crippen LogP) is 5.50. The second-order valence-electron chi connectivity index (χ2n) is 7.61. The molecular weight excluding hydrogens is 434 g/mol. The van der Waals surface area contributed by atoms with Gasteiger partial charge in [0.25, 0.3) is 5.91 Å². The van der Waals surface area contributed by atoms with E-state index in [9.17, 15) is 14.7 Å². The van der Waals surface area contributed by atoms with Crippen LogP contribution in [0.3, 0.4) is 0 Å². The Morgan fingerprint density at radius 3 is 2.58 bits per heavy atom. The third-order valence-electron chi connectivity index (χ3n) is 5.10. The number of hydrogen-bond acceptors (Lipinski definition) is 6. The van der Waals surface area contributed by atoms with Crippen molar-refractivity contribution in [3.8, 4) is 11.5 Å². The van der Waals surface area contributed by atoms with Crippen molar-refractivity contribution in [2.24, 2.45) is 0 Å². The average Bonchev–Trinajstić information content (AvgIpc) is 3.01. The van der Waals surface area contributed by atoms with Gasteiger partial charge in [-0.3, -0.25) is 9.69 Å². The van der Waals surface area contributed by atoms with Gasteiger partial charge >= 0.3 is 5.97 Å². The fraction of sp³-hybridized carbons (Fsp3) is 0.522. The maximum absolute atomic E-state index is 12.6. The van der Waals surface area contributed by atoms with E-state index in [2.05, 4.69) is 13.8 Å². The Bertz CT molecular complexity index is 839. The van der Waals surface area contributed by atoms with Gasteiger partial charge in [-0.2, -0.15) is 0 Å². The molecule has 1 fully saturated rings. The summed E-state index contributed by atoms with van der Waals surface area (Å²) in [5, 5.41) is 9.20. The van der Waals surface area contributed by atoms with E-state index in [0.29, 0.717) is 16.4 Å². The minimum atomic E-state index is -1.10. The van der Waals surface area contributed by atoms with E-state index >= 15 is 0 Å². The molecule has 0 unspecified atom stereocenters. The number of thiocarbonyl (C=S) groups is 1. The molecule has 0 saturated carbocycles. The van der Waals surface area contributed by atoms with Gasteiger partial charge in [0.2, 0.25) is 0 Å². The summed E-state index contributed by atoms with van der Waals surface area (Å²) >= 11 is 6.30. The standard InChI is InChI=1S/C23H31NO5S2/c1-5-6-7-8-9-10-15(2)29-18-12-11-17(13-19(18)28-4)14-20-21(25)24(23(30)31-20)16(3)22(26)27/h11-16H,5-10H2,1-4H3,(H,26,27)/b20-14+/t15-,16+/m0/s1. The SMILES string of the molecule is CCCCCCC[C@H](C)Oc1ccc(/C=C2/SC(=S)N([C@H](C)C(=O)O)C2=O)cc1OC. The number of carboxylic acid groups (broad SMARTS) is 1. The number of amides is 1. The molecule has 2 atom stereocenters. The van der Waals surface area contributed by atoms with E-state index in [-0.39, 0.29) is 10.4 Å². The molecule has 0 bridgehead atoms. The number of carbonyl (C=O) groups is 2. The number of carbonyl (C=O) groups excluding carboxylic acids is 1. The molecule has 1 heterocycles. The highest BCUT2D eigenvalue weighted by Crippen LogP contribution is 2.36. The fourth-order valence-electron chi connectivity index (χ4n) is 3.26. The van der Waals surface area contributed by atoms with Gasteiger partial charge in [-0.15, -0.1) is 0 Å². The van der Waals surface area contributed by atoms with Gasteiger partial charge in [0.05, 0.1) is 18.1 Å². The topological polar surface area (TPSA) is 76.1 Å². The van der Waals surface area contributed by atoms with Gasteiger partial charge in [0.1, 0.15) is 10.4 Å². The van der Waals surface area contributed by atoms with Crippen molar-refractivity contribution in [2.45, 2.75) is 71.4 Å². The summed E-state index contributed by atoms with van der Waals surface area (Å²) in [5.41, 5.74) is 0.750. The van der Waals surface area contributed by atoms with Crippen LogP contribution in [-0.2, 0) is 9.59 Å². The Morgan fingerprint density at radius 1 is 1.23 bits per heavy atom. The number of thioether (sulfide) groups is 1. The van der Waals surface area contributed by atoms with Crippen LogP contribution in [0.15, 0.2) is 23.1 Å². The first kappa shape index (κ1) is 25.2. The lowest BCUT2D eigenvalue weighted by Crippen LogP contribution is -2.41. The summed E-state index contributed by atoms with van der Waals surface area (Å²) in [5.74, 6) is -0.255. The molecule has 1 saturated heterocycles. The van der Waals surface area contributed by atoms with Gasteiger partial charge in [-0.1, -0.05) is 62.7 Å². The van der Waals surface area contributed by atoms with E-state index in [4.69, 9.17) is 21.7 Å². The molecular formula is C23H31NO5S2. The van der Waals surface area contributed by atoms with Crippen molar-refractivity contribution in [2.75, 3.05) is 7.11 Å². The zero-order chi connectivity index (χ0) is 23.0. The predicted molar refractivity (Wildman–Crippen MR) is 129 cm³/mol. The molecule has 6 nitrogen and oxygen atoms in total. The number of unbranched alkanes of at least 4 members (excludes halogenated alkanes) is 4. The van der Waals surface area contributed by atoms with Crippen LogP contribution in [0.5, 0.6) is 11.5 Å². The largest absolute Gasteiger partial charge is 0.493 e. The number of benzene rings is 1. The number of carboxylic acids is 1. The molecule has 1 aromatic carbocycles. The second kappa shape index (κ2) is 12.1. The van der Waals surface area contributed by atoms with Gasteiger partial charge in [0, 0.05) is 0 Å². The molecule has 8 heteroatoms. The van der Waals surface area contributed by atoms with E-state index < -0.39 is 17.9 Å². The number of ether oxygens (including phenoxy) is 2. The molecule has 2 rings (SSSR count). The molecule has 170 valence electrons. The van der Waals surface area contributed by atoms with Crippen molar-refractivity contribution < 1.29 is 24.2 Å². The molecule has 1 amide bonds. The minimum Gasteiger partial charge on any atom is -0.493 e. The Kier molecular flexibility index (Phi) is 9.84. The summed E-state index contributed by atoms with van der Waals surface area (Å²) in [7, 11) is 1.58. The highest BCUT2D eigenvalue weighted by molar-refractivity contribution is 8.26. The van der Waals surface area contributed by atoms with Crippen LogP contribution in [0.4, 0.5) is 0 Å². The number of hydrogen-bond donors (Lipinski definition) is 1. The van der Waals surface area contributed by atoms with Crippen LogP contribution < -0.4 is 9.47 Å². The molecule has 1 aromatic rings. The highest BCUT2D eigenvalue weighted by Gasteiger charge is 2.38. The van der Waals surface area contributed by atoms with Crippen molar-refractivity contribution in [3.05, 3.63) is 28.7 Å². The zero-order valence-corrected chi connectivity index (χ0v) is 20.2. The van der Waals surface area contributed by atoms with Crippen LogP contribution in [0.2, 0.25) is 0 Å². The van der Waals surface area contributed by atoms with Crippen LogP contribution >= 0.6 is 24.0 Å². The van der Waals surface area contributed by atoms with Crippen molar-refractivity contribution in [1.29, 1.82) is 0 Å². The summed E-state index contributed by atoms with van der Waals surface area (Å²) in [6.45, 7) is 5.71. The maximum Gasteiger partial charge on any atom is 0.326 e. The molecule has 1 aliphatic heterocycles. The quantitative estimate of drug-likeness (QED) is 0.248. The van der Waals surface area contributed by atoms with Crippen molar-refractivity contribution in [3.63, 3.8) is 0 Å². The van der Waals surface area contributed by atoms with Crippen molar-refractivity contribution in [1.82, 2.24) is 4.90 Å². The van der Waals surface area contributed by atoms with Gasteiger partial charge in [0.15, 0.2) is 11.5 Å². The van der Waals surface area contributed by atoms with Crippen LogP contribution in [-0.4, -0.2) is 45.5 Å². The molecule has 0 aromatic heterocycles. The number of rotatable bonds is 12. The third kappa shape index (κ3) is 6.97. The zero-order valence-electron chi connectivity index (χ0n) is 18.6. The number of nitrogens with zero attached hydrogens (tertiary/aromatic N) is 1. The van der Waals surface area contributed by atoms with Gasteiger partial charge in [-0.05, 0) is 50.5 Å². The smallest absolute Gasteiger partial charge is 0.326 e. The lowest BCUT2D eigenvalue weighted by molar-refractivity contribution is -0.144. The molecule has 1 N–H and O–H groups in total. The second-order valence-corrected chi connectivity index (χ2v) is 9.28. The van der Waals surface area contributed by atoms with Gasteiger partial charge < -0.3 is 14.6 Å². The maximum atomic E-state index is 12.6. The summed E-state index contributed by atoms with van der Waals surface area (Å²) < 4.78 is 11.8. The average molecular weight is 466 g/mol. The molecule has 1 aliphatic rings. The van der Waals surface area contributed by atoms with E-state index in [1.165, 1.54) is 32.6 Å². The molecule has 31 heavy (non-hydrogen) atoms. The summed E-state index contributed by atoms with van der Waals surface area (Å²) in [4.78, 5) is 25.4. The lowest BCUT2D eigenvalue weighted by atomic mass is 10.1. The first-order valence-electron chi connectivity index (χ1n) is 10.6. The summed E-state index contributed by atoms with van der Waals surface area (Å²) in [6, 6.07) is 4.47. The minimum absolute atomic E-state index is 0.0788. The van der Waals surface area contributed by atoms with Crippen molar-refractivity contribution >= 4 is 46.3 Å². The van der Waals surface area contributed by atoms with E-state index in [1.807, 2.05) is 12.1 Å². The van der Waals surface area contributed by atoms with Gasteiger partial charge in [-0.25, -0.2) is 4.79 Å². The monoisotopic (exact) mass is 465 g/mol. The van der Waals surface area contributed by atoms with Crippen LogP contribution in [0, 0.1) is 0 Å². The first-order chi connectivity index (χ1) is 14.8. The number of methoxy groups -OCH3 is 1. The van der Waals surface area contributed by atoms with E-state index in [0.717, 1.165) is 35.1 Å². The third-order valence-corrected chi connectivity index (χ3v) is 6.43. The first-order valence-corrected chi connectivity index (χ1v) is 11.9.